The number of piperidine rings is 1. The van der Waals surface area contributed by atoms with Crippen LogP contribution < -0.4 is 4.48 Å². The van der Waals surface area contributed by atoms with Gasteiger partial charge in [0.2, 0.25) is 0 Å². The van der Waals surface area contributed by atoms with Crippen molar-refractivity contribution in [1.82, 2.24) is 4.48 Å². The van der Waals surface area contributed by atoms with Crippen LogP contribution in [0.2, 0.25) is 0 Å². The van der Waals surface area contributed by atoms with Crippen molar-refractivity contribution in [2.45, 2.75) is 51.9 Å². The fourth-order valence-electron chi connectivity index (χ4n) is 3.31. The molecule has 2 rings (SSSR count). The van der Waals surface area contributed by atoms with Gasteiger partial charge in [0, 0.05) is 0 Å². The third-order valence-electron chi connectivity index (χ3n) is 4.42. The van der Waals surface area contributed by atoms with Gasteiger partial charge in [0.1, 0.15) is 5.69 Å². The minimum absolute atomic E-state index is 1.25. The molecule has 0 radical (unpaired) electrons. The van der Waals surface area contributed by atoms with Gasteiger partial charge in [-0.1, -0.05) is 38.0 Å². The first kappa shape index (κ1) is 13.6. The second kappa shape index (κ2) is 6.94. The lowest BCUT2D eigenvalue weighted by molar-refractivity contribution is 0.224. The molecule has 1 aromatic rings. The molecule has 1 heteroatoms. The topological polar surface area (TPSA) is 0 Å². The van der Waals surface area contributed by atoms with Gasteiger partial charge in [0.15, 0.2) is 0 Å². The highest BCUT2D eigenvalue weighted by atomic mass is 15.4. The van der Waals surface area contributed by atoms with E-state index in [1.165, 1.54) is 69.1 Å². The van der Waals surface area contributed by atoms with Crippen molar-refractivity contribution in [2.24, 2.45) is 0 Å². The lowest BCUT2D eigenvalue weighted by Crippen LogP contribution is -2.53. The molecule has 0 aliphatic carbocycles. The average molecular weight is 246 g/mol. The van der Waals surface area contributed by atoms with Crippen molar-refractivity contribution >= 4 is 5.69 Å². The van der Waals surface area contributed by atoms with Crippen molar-refractivity contribution in [3.8, 4) is 0 Å². The lowest BCUT2D eigenvalue weighted by atomic mass is 10.0. The summed E-state index contributed by atoms with van der Waals surface area (Å²) in [7, 11) is 0. The highest BCUT2D eigenvalue weighted by Crippen LogP contribution is 2.29. The maximum atomic E-state index is 2.34. The zero-order valence-electron chi connectivity index (χ0n) is 11.9. The summed E-state index contributed by atoms with van der Waals surface area (Å²) >= 11 is 0. The second-order valence-corrected chi connectivity index (χ2v) is 5.77. The number of quaternary nitrogens is 1. The van der Waals surface area contributed by atoms with Crippen LogP contribution in [0, 0.1) is 0 Å². The number of rotatable bonds is 6. The summed E-state index contributed by atoms with van der Waals surface area (Å²) < 4.78 is 1.25. The van der Waals surface area contributed by atoms with Crippen LogP contribution in [0.15, 0.2) is 30.3 Å². The van der Waals surface area contributed by atoms with E-state index < -0.39 is 0 Å². The maximum Gasteiger partial charge on any atom is 0.132 e. The van der Waals surface area contributed by atoms with Crippen molar-refractivity contribution in [3.05, 3.63) is 30.3 Å². The van der Waals surface area contributed by atoms with Crippen molar-refractivity contribution in [2.75, 3.05) is 19.6 Å². The zero-order valence-corrected chi connectivity index (χ0v) is 11.9. The van der Waals surface area contributed by atoms with Gasteiger partial charge >= 0.3 is 0 Å². The first-order valence-electron chi connectivity index (χ1n) is 7.79. The van der Waals surface area contributed by atoms with E-state index in [-0.39, 0.29) is 0 Å². The first-order chi connectivity index (χ1) is 8.87. The lowest BCUT2D eigenvalue weighted by Gasteiger charge is -2.41. The number of benzene rings is 1. The van der Waals surface area contributed by atoms with Gasteiger partial charge in [-0.25, -0.2) is 0 Å². The predicted molar refractivity (Wildman–Crippen MR) is 80.8 cm³/mol. The Morgan fingerprint density at radius 1 is 0.889 bits per heavy atom. The minimum atomic E-state index is 1.25. The SMILES string of the molecule is CCCCCC[N+]1(c2ccccc2)CCCCC1. The Morgan fingerprint density at radius 2 is 1.61 bits per heavy atom. The van der Waals surface area contributed by atoms with Gasteiger partial charge in [0.25, 0.3) is 0 Å². The molecule has 0 bridgehead atoms. The molecule has 0 amide bonds. The summed E-state index contributed by atoms with van der Waals surface area (Å²) in [5, 5.41) is 0. The molecule has 0 saturated carbocycles. The van der Waals surface area contributed by atoms with E-state index in [0.717, 1.165) is 0 Å². The van der Waals surface area contributed by atoms with Gasteiger partial charge in [-0.05, 0) is 44.2 Å². The van der Waals surface area contributed by atoms with Gasteiger partial charge in [-0.15, -0.1) is 0 Å². The molecule has 0 aromatic heterocycles. The monoisotopic (exact) mass is 246 g/mol. The number of hydrogen-bond acceptors (Lipinski definition) is 0. The van der Waals surface area contributed by atoms with Crippen molar-refractivity contribution in [3.63, 3.8) is 0 Å². The van der Waals surface area contributed by atoms with E-state index in [2.05, 4.69) is 37.3 Å². The van der Waals surface area contributed by atoms with Crippen LogP contribution in [0.4, 0.5) is 5.69 Å². The molecule has 1 fully saturated rings. The van der Waals surface area contributed by atoms with Crippen molar-refractivity contribution in [1.29, 1.82) is 0 Å². The zero-order chi connectivity index (χ0) is 12.7. The van der Waals surface area contributed by atoms with Crippen LogP contribution >= 0.6 is 0 Å². The molecule has 1 nitrogen and oxygen atoms in total. The van der Waals surface area contributed by atoms with Crippen LogP contribution in [0.3, 0.4) is 0 Å². The number of nitrogens with zero attached hydrogens (tertiary/aromatic N) is 1. The average Bonchev–Trinajstić information content (AvgIpc) is 2.46. The van der Waals surface area contributed by atoms with Crippen LogP contribution in [-0.2, 0) is 0 Å². The molecular formula is C17H28N+. The Morgan fingerprint density at radius 3 is 2.28 bits per heavy atom. The van der Waals surface area contributed by atoms with E-state index in [0.29, 0.717) is 0 Å². The maximum absolute atomic E-state index is 2.34. The van der Waals surface area contributed by atoms with Crippen LogP contribution in [0.5, 0.6) is 0 Å². The van der Waals surface area contributed by atoms with Gasteiger partial charge < -0.3 is 0 Å². The quantitative estimate of drug-likeness (QED) is 0.501. The molecule has 0 N–H and O–H groups in total. The molecule has 1 aromatic carbocycles. The largest absolute Gasteiger partial charge is 0.291 e. The molecule has 1 aliphatic heterocycles. The van der Waals surface area contributed by atoms with Crippen LogP contribution in [0.25, 0.3) is 0 Å². The summed E-state index contributed by atoms with van der Waals surface area (Å²) in [6, 6.07) is 11.2. The summed E-state index contributed by atoms with van der Waals surface area (Å²) in [5.41, 5.74) is 1.55. The fourth-order valence-corrected chi connectivity index (χ4v) is 3.31. The molecule has 1 aliphatic rings. The van der Waals surface area contributed by atoms with Gasteiger partial charge in [-0.2, -0.15) is 0 Å². The normalized spacial score (nSPS) is 18.7. The highest BCUT2D eigenvalue weighted by molar-refractivity contribution is 5.42. The molecule has 18 heavy (non-hydrogen) atoms. The molecule has 0 unspecified atom stereocenters. The van der Waals surface area contributed by atoms with E-state index in [1.54, 1.807) is 5.69 Å². The van der Waals surface area contributed by atoms with Crippen LogP contribution in [0.1, 0.15) is 51.9 Å². The molecular weight excluding hydrogens is 218 g/mol. The standard InChI is InChI=1S/C17H28N/c1-2-3-4-9-14-18(15-10-6-11-16-18)17-12-7-5-8-13-17/h5,7-8,12-13H,2-4,6,9-11,14-16H2,1H3/q+1. The van der Waals surface area contributed by atoms with E-state index in [4.69, 9.17) is 0 Å². The van der Waals surface area contributed by atoms with E-state index >= 15 is 0 Å². The van der Waals surface area contributed by atoms with Gasteiger partial charge in [-0.3, -0.25) is 4.48 Å². The smallest absolute Gasteiger partial charge is 0.132 e. The molecule has 0 atom stereocenters. The second-order valence-electron chi connectivity index (χ2n) is 5.77. The molecule has 1 heterocycles. The highest BCUT2D eigenvalue weighted by Gasteiger charge is 2.31. The van der Waals surface area contributed by atoms with Crippen LogP contribution in [-0.4, -0.2) is 19.6 Å². The Balaban J connectivity index is 2.03. The summed E-state index contributed by atoms with van der Waals surface area (Å²) in [5.74, 6) is 0. The first-order valence-corrected chi connectivity index (χ1v) is 7.79. The Labute approximate surface area is 112 Å². The molecule has 0 spiro atoms. The summed E-state index contributed by atoms with van der Waals surface area (Å²) in [4.78, 5) is 0. The Hall–Kier alpha value is -0.820. The summed E-state index contributed by atoms with van der Waals surface area (Å²) in [6.45, 7) is 6.36. The Bertz CT molecular complexity index is 325. The third-order valence-corrected chi connectivity index (χ3v) is 4.42. The number of hydrogen-bond donors (Lipinski definition) is 0. The predicted octanol–water partition coefficient (Wildman–Crippen LogP) is 4.76. The van der Waals surface area contributed by atoms with Gasteiger partial charge in [0.05, 0.1) is 19.6 Å². The van der Waals surface area contributed by atoms with E-state index in [9.17, 15) is 0 Å². The number of para-hydroxylation sites is 1. The summed E-state index contributed by atoms with van der Waals surface area (Å²) in [6.07, 6.45) is 9.78. The fraction of sp³-hybridized carbons (Fsp3) is 0.647. The van der Waals surface area contributed by atoms with Crippen molar-refractivity contribution < 1.29 is 0 Å². The molecule has 100 valence electrons. The Kier molecular flexibility index (Phi) is 5.25. The number of likely N-dealkylation sites (tertiary alicyclic amines) is 1. The molecule has 1 saturated heterocycles. The minimum Gasteiger partial charge on any atom is -0.291 e. The third kappa shape index (κ3) is 3.35. The van der Waals surface area contributed by atoms with E-state index in [1.807, 2.05) is 0 Å². The number of unbranched alkanes of at least 4 members (excludes halogenated alkanes) is 3.